The van der Waals surface area contributed by atoms with Crippen LogP contribution in [0.25, 0.3) is 0 Å². The first-order valence-electron chi connectivity index (χ1n) is 4.30. The van der Waals surface area contributed by atoms with Crippen LogP contribution in [0.3, 0.4) is 0 Å². The smallest absolute Gasteiger partial charge is 0.351 e. The van der Waals surface area contributed by atoms with E-state index in [0.29, 0.717) is 5.70 Å². The Bertz CT molecular complexity index is 402. The predicted molar refractivity (Wildman–Crippen MR) is 58.6 cm³/mol. The van der Waals surface area contributed by atoms with Crippen LogP contribution >= 0.6 is 15.9 Å². The van der Waals surface area contributed by atoms with Gasteiger partial charge in [-0.25, -0.2) is 4.79 Å². The van der Waals surface area contributed by atoms with Gasteiger partial charge in [0, 0.05) is 10.7 Å². The molecule has 0 saturated heterocycles. The molecule has 1 aliphatic heterocycles. The fraction of sp³-hybridized carbons (Fsp3) is 0.200. The number of allylic oxidation sites excluding steroid dienone is 3. The second-order valence-electron chi connectivity index (χ2n) is 2.63. The molecule has 0 radical (unpaired) electrons. The summed E-state index contributed by atoms with van der Waals surface area (Å²) in [5.41, 5.74) is 0.420. The van der Waals surface area contributed by atoms with E-state index in [1.54, 1.807) is 25.3 Å². The highest BCUT2D eigenvalue weighted by Gasteiger charge is 2.15. The number of carbonyl (C=O) groups is 1. The third-order valence-corrected chi connectivity index (χ3v) is 2.13. The van der Waals surface area contributed by atoms with E-state index < -0.39 is 5.97 Å². The van der Waals surface area contributed by atoms with Crippen LogP contribution in [0.5, 0.6) is 0 Å². The molecule has 0 amide bonds. The molecule has 0 aliphatic carbocycles. The van der Waals surface area contributed by atoms with Crippen LogP contribution in [0, 0.1) is 11.3 Å². The van der Waals surface area contributed by atoms with E-state index in [2.05, 4.69) is 21.2 Å². The van der Waals surface area contributed by atoms with Crippen molar-refractivity contribution in [1.82, 2.24) is 5.32 Å². The van der Waals surface area contributed by atoms with Gasteiger partial charge >= 0.3 is 5.97 Å². The summed E-state index contributed by atoms with van der Waals surface area (Å²) in [4.78, 5) is 11.3. The van der Waals surface area contributed by atoms with Gasteiger partial charge in [0.25, 0.3) is 0 Å². The highest BCUT2D eigenvalue weighted by atomic mass is 79.9. The molecular weight excluding hydrogens is 260 g/mol. The van der Waals surface area contributed by atoms with Gasteiger partial charge in [0.05, 0.1) is 12.3 Å². The van der Waals surface area contributed by atoms with Gasteiger partial charge < -0.3 is 10.1 Å². The van der Waals surface area contributed by atoms with E-state index >= 15 is 0 Å². The molecule has 4 nitrogen and oxygen atoms in total. The number of halogens is 1. The Hall–Kier alpha value is -1.54. The second kappa shape index (κ2) is 5.37. The first-order valence-corrected chi connectivity index (χ1v) is 5.10. The molecule has 0 bridgehead atoms. The standard InChI is InChI=1S/C10H9BrN2O2/c1-2-15-10(14)8(5-12)9-4-3-7(11)6-13-9/h3-4,6,13H,2H2,1H3/b9-8-. The molecule has 0 unspecified atom stereocenters. The van der Waals surface area contributed by atoms with Crippen molar-refractivity contribution in [2.75, 3.05) is 6.61 Å². The number of nitrogens with one attached hydrogen (secondary N) is 1. The van der Waals surface area contributed by atoms with Crippen LogP contribution in [-0.4, -0.2) is 12.6 Å². The molecule has 0 aromatic carbocycles. The van der Waals surface area contributed by atoms with Crippen LogP contribution in [-0.2, 0) is 9.53 Å². The minimum Gasteiger partial charge on any atom is -0.462 e. The number of hydrogen-bond acceptors (Lipinski definition) is 4. The van der Waals surface area contributed by atoms with E-state index in [4.69, 9.17) is 10.00 Å². The molecule has 0 fully saturated rings. The second-order valence-corrected chi connectivity index (χ2v) is 3.54. The minimum atomic E-state index is -0.612. The minimum absolute atomic E-state index is 0.0237. The molecule has 1 N–H and O–H groups in total. The Morgan fingerprint density at radius 2 is 2.40 bits per heavy atom. The lowest BCUT2D eigenvalue weighted by Crippen LogP contribution is -2.16. The van der Waals surface area contributed by atoms with Gasteiger partial charge in [-0.05, 0) is 35.0 Å². The van der Waals surface area contributed by atoms with E-state index in [9.17, 15) is 4.79 Å². The normalized spacial score (nSPS) is 17.3. The molecule has 1 aliphatic rings. The maximum atomic E-state index is 11.3. The van der Waals surface area contributed by atoms with Gasteiger partial charge in [-0.3, -0.25) is 0 Å². The molecule has 0 aromatic heterocycles. The first-order chi connectivity index (χ1) is 7.19. The van der Waals surface area contributed by atoms with Crippen LogP contribution < -0.4 is 5.32 Å². The monoisotopic (exact) mass is 268 g/mol. The topological polar surface area (TPSA) is 62.1 Å². The average molecular weight is 269 g/mol. The summed E-state index contributed by atoms with van der Waals surface area (Å²) in [6.45, 7) is 1.94. The van der Waals surface area contributed by atoms with E-state index in [1.165, 1.54) is 0 Å². The van der Waals surface area contributed by atoms with Crippen molar-refractivity contribution in [2.45, 2.75) is 6.92 Å². The molecule has 0 atom stereocenters. The van der Waals surface area contributed by atoms with Crippen molar-refractivity contribution < 1.29 is 9.53 Å². The summed E-state index contributed by atoms with van der Waals surface area (Å²) < 4.78 is 5.59. The van der Waals surface area contributed by atoms with Crippen LogP contribution in [0.15, 0.2) is 34.1 Å². The van der Waals surface area contributed by atoms with Gasteiger partial charge in [-0.15, -0.1) is 0 Å². The number of rotatable bonds is 2. The van der Waals surface area contributed by atoms with Crippen molar-refractivity contribution in [2.24, 2.45) is 0 Å². The fourth-order valence-electron chi connectivity index (χ4n) is 0.980. The van der Waals surface area contributed by atoms with Gasteiger partial charge in [-0.1, -0.05) is 0 Å². The van der Waals surface area contributed by atoms with Crippen LogP contribution in [0.1, 0.15) is 6.92 Å². The lowest BCUT2D eigenvalue weighted by molar-refractivity contribution is -0.138. The Morgan fingerprint density at radius 1 is 1.67 bits per heavy atom. The number of nitriles is 1. The third-order valence-electron chi connectivity index (χ3n) is 1.64. The zero-order chi connectivity index (χ0) is 11.3. The summed E-state index contributed by atoms with van der Waals surface area (Å²) in [6, 6.07) is 1.82. The van der Waals surface area contributed by atoms with Crippen molar-refractivity contribution >= 4 is 21.9 Å². The number of dihydropyridines is 1. The van der Waals surface area contributed by atoms with Gasteiger partial charge in [-0.2, -0.15) is 5.26 Å². The molecule has 78 valence electrons. The molecule has 0 saturated carbocycles. The zero-order valence-corrected chi connectivity index (χ0v) is 9.67. The summed E-state index contributed by atoms with van der Waals surface area (Å²) in [7, 11) is 0. The number of nitrogens with zero attached hydrogens (tertiary/aromatic N) is 1. The van der Waals surface area contributed by atoms with E-state index in [0.717, 1.165) is 4.48 Å². The van der Waals surface area contributed by atoms with Crippen molar-refractivity contribution in [3.05, 3.63) is 34.1 Å². The Morgan fingerprint density at radius 3 is 2.87 bits per heavy atom. The highest BCUT2D eigenvalue weighted by molar-refractivity contribution is 9.11. The van der Waals surface area contributed by atoms with Gasteiger partial charge in [0.2, 0.25) is 0 Å². The molecule has 15 heavy (non-hydrogen) atoms. The number of carbonyl (C=O) groups excluding carboxylic acids is 1. The predicted octanol–water partition coefficient (Wildman–Crippen LogP) is 1.72. The fourth-order valence-corrected chi connectivity index (χ4v) is 1.23. The van der Waals surface area contributed by atoms with Crippen molar-refractivity contribution in [3.63, 3.8) is 0 Å². The summed E-state index contributed by atoms with van der Waals surface area (Å²) in [5, 5.41) is 11.6. The summed E-state index contributed by atoms with van der Waals surface area (Å²) in [5.74, 6) is -0.612. The lowest BCUT2D eigenvalue weighted by atomic mass is 10.2. The third kappa shape index (κ3) is 2.96. The van der Waals surface area contributed by atoms with Crippen molar-refractivity contribution in [3.8, 4) is 6.07 Å². The Kier molecular flexibility index (Phi) is 4.13. The molecule has 0 aromatic rings. The summed E-state index contributed by atoms with van der Waals surface area (Å²) in [6.07, 6.45) is 5.02. The number of esters is 1. The maximum Gasteiger partial charge on any atom is 0.351 e. The van der Waals surface area contributed by atoms with Crippen LogP contribution in [0.4, 0.5) is 0 Å². The van der Waals surface area contributed by atoms with Gasteiger partial charge in [0.15, 0.2) is 5.57 Å². The maximum absolute atomic E-state index is 11.3. The molecule has 5 heteroatoms. The number of hydrogen-bond donors (Lipinski definition) is 1. The molecule has 1 heterocycles. The van der Waals surface area contributed by atoms with Gasteiger partial charge in [0.1, 0.15) is 6.07 Å². The van der Waals surface area contributed by atoms with E-state index in [-0.39, 0.29) is 12.2 Å². The Labute approximate surface area is 96.0 Å². The average Bonchev–Trinajstić information content (AvgIpc) is 2.22. The largest absolute Gasteiger partial charge is 0.462 e. The molecular formula is C10H9BrN2O2. The Balaban J connectivity index is 2.93. The number of ether oxygens (including phenoxy) is 1. The lowest BCUT2D eigenvalue weighted by Gasteiger charge is -2.09. The first kappa shape index (κ1) is 11.5. The van der Waals surface area contributed by atoms with Crippen LogP contribution in [0.2, 0.25) is 0 Å². The molecule has 1 rings (SSSR count). The SMILES string of the molecule is CCOC(=O)/C(C#N)=C1/C=CC(Br)=CN1. The highest BCUT2D eigenvalue weighted by Crippen LogP contribution is 2.15. The van der Waals surface area contributed by atoms with E-state index in [1.807, 2.05) is 6.07 Å². The van der Waals surface area contributed by atoms with Crippen molar-refractivity contribution in [1.29, 1.82) is 5.26 Å². The molecule has 0 spiro atoms. The quantitative estimate of drug-likeness (QED) is 0.471. The zero-order valence-electron chi connectivity index (χ0n) is 8.08. The summed E-state index contributed by atoms with van der Waals surface area (Å²) >= 11 is 3.24.